The molecule has 1 unspecified atom stereocenters. The first-order chi connectivity index (χ1) is 9.70. The highest BCUT2D eigenvalue weighted by molar-refractivity contribution is 9.10. The average molecular weight is 356 g/mol. The number of likely N-dealkylation sites (N-methyl/N-ethyl adjacent to an activating group) is 1. The molecule has 2 heterocycles. The average Bonchev–Trinajstić information content (AvgIpc) is 2.75. The van der Waals surface area contributed by atoms with Crippen LogP contribution in [0.4, 0.5) is 11.4 Å². The highest BCUT2D eigenvalue weighted by atomic mass is 79.9. The van der Waals surface area contributed by atoms with Crippen molar-refractivity contribution in [1.82, 2.24) is 5.32 Å². The molecule has 2 N–H and O–H groups in total. The summed E-state index contributed by atoms with van der Waals surface area (Å²) >= 11 is 5.66. The van der Waals surface area contributed by atoms with Crippen molar-refractivity contribution in [2.75, 3.05) is 41.4 Å². The number of amides is 1. The van der Waals surface area contributed by atoms with Crippen LogP contribution in [0.25, 0.3) is 0 Å². The molecule has 2 aliphatic heterocycles. The smallest absolute Gasteiger partial charge is 0.246 e. The Morgan fingerprint density at radius 3 is 2.90 bits per heavy atom. The molecule has 0 radical (unpaired) electrons. The fourth-order valence-electron chi connectivity index (χ4n) is 2.72. The standard InChI is InChI=1S/C14H18BrN3OS/c1-2-16-13-9-7-10(15)12(8-11(9)17-14(13)19)18-3-5-20-6-4-18/h7-8,13,16H,2-6H2,1H3,(H,17,19). The van der Waals surface area contributed by atoms with Gasteiger partial charge in [-0.05, 0) is 34.6 Å². The highest BCUT2D eigenvalue weighted by Crippen LogP contribution is 2.39. The van der Waals surface area contributed by atoms with Crippen LogP contribution in [-0.4, -0.2) is 37.0 Å². The van der Waals surface area contributed by atoms with Crippen LogP contribution in [0.5, 0.6) is 0 Å². The maximum atomic E-state index is 12.0. The van der Waals surface area contributed by atoms with Crippen molar-refractivity contribution >= 4 is 45.0 Å². The maximum absolute atomic E-state index is 12.0. The van der Waals surface area contributed by atoms with Gasteiger partial charge in [0, 0.05) is 40.3 Å². The van der Waals surface area contributed by atoms with Gasteiger partial charge in [-0.3, -0.25) is 4.79 Å². The number of halogens is 1. The predicted molar refractivity (Wildman–Crippen MR) is 88.7 cm³/mol. The number of nitrogens with one attached hydrogen (secondary N) is 2. The second-order valence-corrected chi connectivity index (χ2v) is 7.05. The van der Waals surface area contributed by atoms with Crippen LogP contribution in [0.15, 0.2) is 16.6 Å². The van der Waals surface area contributed by atoms with Gasteiger partial charge in [-0.1, -0.05) is 6.92 Å². The Bertz CT molecular complexity index is 531. The number of hydrogen-bond acceptors (Lipinski definition) is 4. The van der Waals surface area contributed by atoms with E-state index in [0.717, 1.165) is 46.9 Å². The lowest BCUT2D eigenvalue weighted by Crippen LogP contribution is -2.32. The normalized spacial score (nSPS) is 21.8. The largest absolute Gasteiger partial charge is 0.369 e. The number of hydrogen-bond donors (Lipinski definition) is 2. The summed E-state index contributed by atoms with van der Waals surface area (Å²) in [6.07, 6.45) is 0. The van der Waals surface area contributed by atoms with Gasteiger partial charge in [0.15, 0.2) is 0 Å². The van der Waals surface area contributed by atoms with Gasteiger partial charge in [0.2, 0.25) is 5.91 Å². The van der Waals surface area contributed by atoms with Gasteiger partial charge >= 0.3 is 0 Å². The van der Waals surface area contributed by atoms with E-state index in [9.17, 15) is 4.79 Å². The minimum atomic E-state index is -0.225. The van der Waals surface area contributed by atoms with Crippen molar-refractivity contribution < 1.29 is 4.79 Å². The van der Waals surface area contributed by atoms with Crippen molar-refractivity contribution in [3.63, 3.8) is 0 Å². The third-order valence-corrected chi connectivity index (χ3v) is 5.29. The molecule has 0 spiro atoms. The highest BCUT2D eigenvalue weighted by Gasteiger charge is 2.31. The molecule has 6 heteroatoms. The molecule has 1 aromatic rings. The summed E-state index contributed by atoms with van der Waals surface area (Å²) in [5, 5.41) is 6.21. The summed E-state index contributed by atoms with van der Waals surface area (Å²) in [5.41, 5.74) is 3.16. The van der Waals surface area contributed by atoms with E-state index in [1.165, 1.54) is 5.69 Å². The fraction of sp³-hybridized carbons (Fsp3) is 0.500. The summed E-state index contributed by atoms with van der Waals surface area (Å²) in [5.74, 6) is 2.37. The van der Waals surface area contributed by atoms with Crippen LogP contribution in [0, 0.1) is 0 Å². The zero-order chi connectivity index (χ0) is 14.1. The Morgan fingerprint density at radius 1 is 1.45 bits per heavy atom. The SMILES string of the molecule is CCNC1C(=O)Nc2cc(N3CCSCC3)c(Br)cc21. The Morgan fingerprint density at radius 2 is 2.20 bits per heavy atom. The fourth-order valence-corrected chi connectivity index (χ4v) is 4.24. The predicted octanol–water partition coefficient (Wildman–Crippen LogP) is 2.61. The molecule has 3 rings (SSSR count). The Kier molecular flexibility index (Phi) is 4.23. The summed E-state index contributed by atoms with van der Waals surface area (Å²) in [7, 11) is 0. The first kappa shape index (κ1) is 14.2. The van der Waals surface area contributed by atoms with Gasteiger partial charge in [0.05, 0.1) is 5.69 Å². The molecule has 1 aromatic carbocycles. The maximum Gasteiger partial charge on any atom is 0.246 e. The number of rotatable bonds is 3. The summed E-state index contributed by atoms with van der Waals surface area (Å²) < 4.78 is 1.07. The van der Waals surface area contributed by atoms with E-state index in [0.29, 0.717) is 0 Å². The Hall–Kier alpha value is -0.720. The summed E-state index contributed by atoms with van der Waals surface area (Å²) in [4.78, 5) is 14.4. The molecule has 0 aliphatic carbocycles. The molecule has 20 heavy (non-hydrogen) atoms. The topological polar surface area (TPSA) is 44.4 Å². The molecule has 4 nitrogen and oxygen atoms in total. The van der Waals surface area contributed by atoms with Crippen LogP contribution in [0.3, 0.4) is 0 Å². The minimum Gasteiger partial charge on any atom is -0.369 e. The second-order valence-electron chi connectivity index (χ2n) is 4.97. The van der Waals surface area contributed by atoms with Crippen molar-refractivity contribution in [3.8, 4) is 0 Å². The lowest BCUT2D eigenvalue weighted by Gasteiger charge is -2.30. The van der Waals surface area contributed by atoms with Gasteiger partial charge in [-0.25, -0.2) is 0 Å². The number of benzene rings is 1. The molecule has 108 valence electrons. The van der Waals surface area contributed by atoms with Gasteiger partial charge in [0.25, 0.3) is 0 Å². The van der Waals surface area contributed by atoms with Crippen LogP contribution in [0.2, 0.25) is 0 Å². The van der Waals surface area contributed by atoms with Crippen molar-refractivity contribution in [2.45, 2.75) is 13.0 Å². The molecule has 0 aromatic heterocycles. The number of carbonyl (C=O) groups is 1. The Balaban J connectivity index is 1.93. The zero-order valence-corrected chi connectivity index (χ0v) is 13.8. The van der Waals surface area contributed by atoms with Crippen LogP contribution < -0.4 is 15.5 Å². The van der Waals surface area contributed by atoms with E-state index in [1.807, 2.05) is 18.7 Å². The first-order valence-corrected chi connectivity index (χ1v) is 8.86. The number of nitrogens with zero attached hydrogens (tertiary/aromatic N) is 1. The van der Waals surface area contributed by atoms with Gasteiger partial charge in [-0.15, -0.1) is 0 Å². The molecule has 1 amide bonds. The third-order valence-electron chi connectivity index (χ3n) is 3.71. The van der Waals surface area contributed by atoms with Crippen LogP contribution in [0.1, 0.15) is 18.5 Å². The van der Waals surface area contributed by atoms with Gasteiger partial charge in [0.1, 0.15) is 6.04 Å². The van der Waals surface area contributed by atoms with E-state index in [1.54, 1.807) is 0 Å². The molecule has 1 saturated heterocycles. The Labute approximate surface area is 131 Å². The lowest BCUT2D eigenvalue weighted by molar-refractivity contribution is -0.117. The zero-order valence-electron chi connectivity index (χ0n) is 11.4. The molecule has 1 atom stereocenters. The molecule has 1 fully saturated rings. The number of carbonyl (C=O) groups excluding carboxylic acids is 1. The van der Waals surface area contributed by atoms with Crippen LogP contribution >= 0.6 is 27.7 Å². The molecular formula is C14H18BrN3OS. The van der Waals surface area contributed by atoms with Gasteiger partial charge in [-0.2, -0.15) is 11.8 Å². The van der Waals surface area contributed by atoms with Gasteiger partial charge < -0.3 is 15.5 Å². The number of thioether (sulfide) groups is 1. The van der Waals surface area contributed by atoms with Crippen LogP contribution in [-0.2, 0) is 4.79 Å². The molecular weight excluding hydrogens is 338 g/mol. The quantitative estimate of drug-likeness (QED) is 0.874. The van der Waals surface area contributed by atoms with Crippen molar-refractivity contribution in [1.29, 1.82) is 0 Å². The van der Waals surface area contributed by atoms with E-state index < -0.39 is 0 Å². The van der Waals surface area contributed by atoms with E-state index >= 15 is 0 Å². The summed E-state index contributed by atoms with van der Waals surface area (Å²) in [6.45, 7) is 4.92. The van der Waals surface area contributed by atoms with Crippen molar-refractivity contribution in [3.05, 3.63) is 22.2 Å². The number of fused-ring (bicyclic) bond motifs is 1. The number of anilines is 2. The molecule has 0 saturated carbocycles. The van der Waals surface area contributed by atoms with E-state index in [2.05, 4.69) is 43.6 Å². The molecule has 2 aliphatic rings. The van der Waals surface area contributed by atoms with Crippen molar-refractivity contribution in [2.24, 2.45) is 0 Å². The lowest BCUT2D eigenvalue weighted by atomic mass is 10.1. The molecule has 0 bridgehead atoms. The third kappa shape index (κ3) is 2.56. The minimum absolute atomic E-state index is 0.0418. The summed E-state index contributed by atoms with van der Waals surface area (Å²) in [6, 6.07) is 3.96. The monoisotopic (exact) mass is 355 g/mol. The van der Waals surface area contributed by atoms with E-state index in [-0.39, 0.29) is 11.9 Å². The van der Waals surface area contributed by atoms with E-state index in [4.69, 9.17) is 0 Å². The first-order valence-electron chi connectivity index (χ1n) is 6.91. The second kappa shape index (κ2) is 5.95.